The van der Waals surface area contributed by atoms with Crippen LogP contribution in [-0.2, 0) is 13.0 Å². The van der Waals surface area contributed by atoms with E-state index in [1.807, 2.05) is 55.8 Å². The van der Waals surface area contributed by atoms with Gasteiger partial charge in [-0.1, -0.05) is 35.9 Å². The normalized spacial score (nSPS) is 12.0. The predicted octanol–water partition coefficient (Wildman–Crippen LogP) is 4.94. The number of aromatic nitrogens is 2. The molecule has 1 atom stereocenters. The number of amides is 1. The Bertz CT molecular complexity index is 1170. The summed E-state index contributed by atoms with van der Waals surface area (Å²) >= 11 is 6.28. The number of benzene rings is 2. The molecule has 2 N–H and O–H groups in total. The van der Waals surface area contributed by atoms with Gasteiger partial charge < -0.3 is 19.7 Å². The van der Waals surface area contributed by atoms with Crippen molar-refractivity contribution in [3.8, 4) is 17.0 Å². The molecule has 0 unspecified atom stereocenters. The van der Waals surface area contributed by atoms with Gasteiger partial charge in [-0.25, -0.2) is 4.98 Å². The first-order valence-corrected chi connectivity index (χ1v) is 12.1. The third-order valence-electron chi connectivity index (χ3n) is 5.53. The van der Waals surface area contributed by atoms with Crippen molar-refractivity contribution in [1.29, 1.82) is 0 Å². The number of carbonyl (C=O) groups excluding carboxylic acids is 2. The van der Waals surface area contributed by atoms with Gasteiger partial charge in [0.15, 0.2) is 11.6 Å². The molecule has 2 aromatic carbocycles. The number of nitrogens with one attached hydrogen (secondary N) is 1. The molecule has 0 aliphatic rings. The maximum absolute atomic E-state index is 12.8. The van der Waals surface area contributed by atoms with E-state index in [0.717, 1.165) is 16.8 Å². The number of Topliss-reactive ketones (excluding diaryl/α,β-unsaturated/α-hetero) is 1. The first-order valence-electron chi connectivity index (χ1n) is 11.8. The molecule has 0 saturated heterocycles. The van der Waals surface area contributed by atoms with Crippen molar-refractivity contribution in [2.75, 3.05) is 6.61 Å². The van der Waals surface area contributed by atoms with Crippen LogP contribution in [0, 0.1) is 0 Å². The van der Waals surface area contributed by atoms with Crippen molar-refractivity contribution in [3.63, 3.8) is 0 Å². The predicted molar refractivity (Wildman–Crippen MR) is 137 cm³/mol. The summed E-state index contributed by atoms with van der Waals surface area (Å²) in [6.07, 6.45) is 2.82. The van der Waals surface area contributed by atoms with Gasteiger partial charge in [-0.15, -0.1) is 0 Å². The van der Waals surface area contributed by atoms with Crippen LogP contribution < -0.4 is 10.1 Å². The lowest BCUT2D eigenvalue weighted by atomic mass is 10.0. The summed E-state index contributed by atoms with van der Waals surface area (Å²) in [6.45, 7) is 7.92. The van der Waals surface area contributed by atoms with E-state index in [4.69, 9.17) is 16.3 Å². The molecule has 8 heteroatoms. The molecule has 7 nitrogen and oxygen atoms in total. The zero-order chi connectivity index (χ0) is 25.5. The van der Waals surface area contributed by atoms with Crippen LogP contribution in [-0.4, -0.2) is 45.1 Å². The molecule has 0 fully saturated rings. The number of carbonyl (C=O) groups is 2. The van der Waals surface area contributed by atoms with Gasteiger partial charge >= 0.3 is 0 Å². The van der Waals surface area contributed by atoms with E-state index >= 15 is 0 Å². The second kappa shape index (κ2) is 12.0. The second-order valence-electron chi connectivity index (χ2n) is 8.69. The number of aliphatic hydroxyl groups excluding tert-OH is 1. The fourth-order valence-electron chi connectivity index (χ4n) is 3.81. The van der Waals surface area contributed by atoms with Crippen molar-refractivity contribution in [2.45, 2.75) is 59.2 Å². The van der Waals surface area contributed by atoms with Gasteiger partial charge in [0, 0.05) is 43.4 Å². The molecule has 0 spiro atoms. The van der Waals surface area contributed by atoms with Gasteiger partial charge in [0.2, 0.25) is 0 Å². The molecule has 35 heavy (non-hydrogen) atoms. The first kappa shape index (κ1) is 26.4. The van der Waals surface area contributed by atoms with Crippen LogP contribution >= 0.6 is 11.6 Å². The highest BCUT2D eigenvalue weighted by atomic mass is 35.5. The number of rotatable bonds is 11. The van der Waals surface area contributed by atoms with Gasteiger partial charge in [-0.05, 0) is 57.4 Å². The van der Waals surface area contributed by atoms with Gasteiger partial charge in [0.1, 0.15) is 5.75 Å². The molecule has 3 aromatic rings. The number of nitrogens with zero attached hydrogens (tertiary/aromatic N) is 2. The van der Waals surface area contributed by atoms with Crippen LogP contribution in [0.25, 0.3) is 11.3 Å². The van der Waals surface area contributed by atoms with E-state index in [-0.39, 0.29) is 30.4 Å². The lowest BCUT2D eigenvalue weighted by molar-refractivity contribution is 0.0929. The summed E-state index contributed by atoms with van der Waals surface area (Å²) in [7, 11) is 0. The van der Waals surface area contributed by atoms with E-state index in [2.05, 4.69) is 10.3 Å². The molecule has 186 valence electrons. The number of ketones is 1. The van der Waals surface area contributed by atoms with E-state index < -0.39 is 0 Å². The minimum atomic E-state index is -0.264. The van der Waals surface area contributed by atoms with Crippen LogP contribution in [0.15, 0.2) is 48.7 Å². The monoisotopic (exact) mass is 497 g/mol. The molecule has 0 aliphatic heterocycles. The highest BCUT2D eigenvalue weighted by Crippen LogP contribution is 2.26. The molecule has 3 rings (SSSR count). The summed E-state index contributed by atoms with van der Waals surface area (Å²) in [6, 6.07) is 12.5. The van der Waals surface area contributed by atoms with Crippen molar-refractivity contribution in [2.24, 2.45) is 0 Å². The van der Waals surface area contributed by atoms with Crippen LogP contribution in [0.5, 0.6) is 5.75 Å². The Hall–Kier alpha value is -3.16. The SMILES string of the molecule is CCn1cc(-c2ccc(C[C@@H](CCO)NC(=O)c3ccc(OC(C)C)c(Cl)c3)cc2)nc1C(C)=O. The van der Waals surface area contributed by atoms with E-state index in [9.17, 15) is 14.7 Å². The van der Waals surface area contributed by atoms with Crippen molar-refractivity contribution in [3.05, 3.63) is 70.6 Å². The zero-order valence-electron chi connectivity index (χ0n) is 20.5. The smallest absolute Gasteiger partial charge is 0.251 e. The molecule has 1 aromatic heterocycles. The first-order chi connectivity index (χ1) is 16.7. The van der Waals surface area contributed by atoms with Crippen LogP contribution in [0.4, 0.5) is 0 Å². The molecule has 0 radical (unpaired) electrons. The molecule has 1 heterocycles. The summed E-state index contributed by atoms with van der Waals surface area (Å²) in [5, 5.41) is 12.9. The van der Waals surface area contributed by atoms with Crippen molar-refractivity contribution >= 4 is 23.3 Å². The third-order valence-corrected chi connectivity index (χ3v) is 5.83. The average molecular weight is 498 g/mol. The summed E-state index contributed by atoms with van der Waals surface area (Å²) < 4.78 is 7.47. The Morgan fingerprint density at radius 2 is 1.89 bits per heavy atom. The van der Waals surface area contributed by atoms with Gasteiger partial charge in [0.25, 0.3) is 5.91 Å². The fourth-order valence-corrected chi connectivity index (χ4v) is 4.04. The summed E-state index contributed by atoms with van der Waals surface area (Å²) in [5.41, 5.74) is 3.08. The highest BCUT2D eigenvalue weighted by Gasteiger charge is 2.17. The van der Waals surface area contributed by atoms with Gasteiger partial charge in [-0.3, -0.25) is 9.59 Å². The summed E-state index contributed by atoms with van der Waals surface area (Å²) in [4.78, 5) is 29.1. The fraction of sp³-hybridized carbons (Fsp3) is 0.370. The number of imidazole rings is 1. The number of aryl methyl sites for hydroxylation is 1. The van der Waals surface area contributed by atoms with Crippen LogP contribution in [0.2, 0.25) is 5.02 Å². The summed E-state index contributed by atoms with van der Waals surface area (Å²) in [5.74, 6) is 0.645. The van der Waals surface area contributed by atoms with Gasteiger partial charge in [-0.2, -0.15) is 0 Å². The molecule has 0 bridgehead atoms. The van der Waals surface area contributed by atoms with Crippen molar-refractivity contribution < 1.29 is 19.4 Å². The number of ether oxygens (including phenoxy) is 1. The molecule has 1 amide bonds. The van der Waals surface area contributed by atoms with E-state index in [1.165, 1.54) is 6.92 Å². The molecular weight excluding hydrogens is 466 g/mol. The third kappa shape index (κ3) is 6.93. The largest absolute Gasteiger partial charge is 0.489 e. The zero-order valence-corrected chi connectivity index (χ0v) is 21.3. The maximum Gasteiger partial charge on any atom is 0.251 e. The number of halogens is 1. The quantitative estimate of drug-likeness (QED) is 0.366. The van der Waals surface area contributed by atoms with E-state index in [1.54, 1.807) is 18.2 Å². The number of aliphatic hydroxyl groups is 1. The Balaban J connectivity index is 1.70. The lowest BCUT2D eigenvalue weighted by Gasteiger charge is -2.19. The molecular formula is C27H32ClN3O4. The Morgan fingerprint density at radius 3 is 2.43 bits per heavy atom. The van der Waals surface area contributed by atoms with Crippen LogP contribution in [0.1, 0.15) is 60.7 Å². The van der Waals surface area contributed by atoms with Gasteiger partial charge in [0.05, 0.1) is 16.8 Å². The molecule has 0 saturated carbocycles. The maximum atomic E-state index is 12.8. The standard InChI is InChI=1S/C27H32ClN3O4/c1-5-31-16-24(30-26(31)18(4)33)20-8-6-19(7-9-20)14-22(12-13-32)29-27(34)21-10-11-25(23(28)15-21)35-17(2)3/h6-11,15-17,22,32H,5,12-14H2,1-4H3,(H,29,34)/t22-/m1/s1. The second-order valence-corrected chi connectivity index (χ2v) is 9.09. The minimum Gasteiger partial charge on any atom is -0.489 e. The Labute approximate surface area is 211 Å². The average Bonchev–Trinajstić information content (AvgIpc) is 3.25. The highest BCUT2D eigenvalue weighted by molar-refractivity contribution is 6.32. The number of hydrogen-bond acceptors (Lipinski definition) is 5. The Morgan fingerprint density at radius 1 is 1.17 bits per heavy atom. The lowest BCUT2D eigenvalue weighted by Crippen LogP contribution is -2.37. The minimum absolute atomic E-state index is 0.0222. The number of hydrogen-bond donors (Lipinski definition) is 2. The van der Waals surface area contributed by atoms with E-state index in [0.29, 0.717) is 41.5 Å². The Kier molecular flexibility index (Phi) is 9.07. The molecule has 0 aliphatic carbocycles. The van der Waals surface area contributed by atoms with Crippen molar-refractivity contribution in [1.82, 2.24) is 14.9 Å². The topological polar surface area (TPSA) is 93.4 Å². The van der Waals surface area contributed by atoms with Crippen LogP contribution in [0.3, 0.4) is 0 Å².